The van der Waals surface area contributed by atoms with E-state index in [9.17, 15) is 14.4 Å². The van der Waals surface area contributed by atoms with Gasteiger partial charge in [0.25, 0.3) is 0 Å². The second-order valence-corrected chi connectivity index (χ2v) is 5.43. The van der Waals surface area contributed by atoms with Crippen LogP contribution in [0.25, 0.3) is 6.08 Å². The monoisotopic (exact) mass is 337 g/mol. The molecule has 0 spiro atoms. The number of nitrogens with one attached hydrogen (secondary N) is 1. The first-order valence-corrected chi connectivity index (χ1v) is 7.82. The summed E-state index contributed by atoms with van der Waals surface area (Å²) in [6.45, 7) is 2.80. The lowest BCUT2D eigenvalue weighted by Crippen LogP contribution is -2.31. The van der Waals surface area contributed by atoms with Gasteiger partial charge in [0.1, 0.15) is 5.70 Å². The molecule has 0 saturated heterocycles. The molecule has 1 N–H and O–H groups in total. The Bertz CT molecular complexity index is 782. The minimum absolute atomic E-state index is 0.0218. The molecule has 0 aliphatic carbocycles. The number of rotatable bonds is 6. The summed E-state index contributed by atoms with van der Waals surface area (Å²) in [6, 6.07) is 17.6. The van der Waals surface area contributed by atoms with Crippen molar-refractivity contribution in [2.75, 3.05) is 0 Å². The molecular weight excluding hydrogens is 318 g/mol. The van der Waals surface area contributed by atoms with Gasteiger partial charge in [-0.15, -0.1) is 0 Å². The van der Waals surface area contributed by atoms with E-state index >= 15 is 0 Å². The summed E-state index contributed by atoms with van der Waals surface area (Å²) in [6.07, 6.45) is 0.534. The van der Waals surface area contributed by atoms with Gasteiger partial charge in [0.15, 0.2) is 6.10 Å². The summed E-state index contributed by atoms with van der Waals surface area (Å²) in [5.41, 5.74) is 1.16. The lowest BCUT2D eigenvalue weighted by atomic mass is 10.1. The van der Waals surface area contributed by atoms with Crippen LogP contribution in [0.1, 0.15) is 29.8 Å². The fourth-order valence-corrected chi connectivity index (χ4v) is 2.17. The van der Waals surface area contributed by atoms with Crippen LogP contribution in [-0.4, -0.2) is 23.8 Å². The number of amides is 1. The van der Waals surface area contributed by atoms with Crippen molar-refractivity contribution in [3.63, 3.8) is 0 Å². The van der Waals surface area contributed by atoms with Crippen LogP contribution in [0, 0.1) is 0 Å². The van der Waals surface area contributed by atoms with Crippen molar-refractivity contribution in [2.24, 2.45) is 0 Å². The summed E-state index contributed by atoms with van der Waals surface area (Å²) in [4.78, 5) is 36.0. The molecule has 0 radical (unpaired) electrons. The molecule has 0 bridgehead atoms. The van der Waals surface area contributed by atoms with Crippen LogP contribution < -0.4 is 5.32 Å². The van der Waals surface area contributed by atoms with Crippen LogP contribution in [0.15, 0.2) is 66.4 Å². The Morgan fingerprint density at radius 3 is 2.08 bits per heavy atom. The van der Waals surface area contributed by atoms with E-state index in [4.69, 9.17) is 4.74 Å². The van der Waals surface area contributed by atoms with Crippen molar-refractivity contribution in [2.45, 2.75) is 20.0 Å². The van der Waals surface area contributed by atoms with Gasteiger partial charge in [0.2, 0.25) is 11.7 Å². The fraction of sp³-hybridized carbons (Fsp3) is 0.150. The molecule has 0 aliphatic heterocycles. The summed E-state index contributed by atoms with van der Waals surface area (Å²) in [7, 11) is 0. The van der Waals surface area contributed by atoms with Crippen molar-refractivity contribution in [3.8, 4) is 0 Å². The van der Waals surface area contributed by atoms with E-state index in [1.807, 2.05) is 18.2 Å². The smallest absolute Gasteiger partial charge is 0.355 e. The van der Waals surface area contributed by atoms with E-state index in [2.05, 4.69) is 5.32 Å². The Morgan fingerprint density at radius 2 is 1.52 bits per heavy atom. The van der Waals surface area contributed by atoms with Crippen LogP contribution in [0.2, 0.25) is 0 Å². The van der Waals surface area contributed by atoms with E-state index in [0.29, 0.717) is 5.56 Å². The third-order valence-corrected chi connectivity index (χ3v) is 3.35. The zero-order chi connectivity index (χ0) is 18.2. The van der Waals surface area contributed by atoms with Crippen LogP contribution in [-0.2, 0) is 14.3 Å². The number of ketones is 1. The summed E-state index contributed by atoms with van der Waals surface area (Å²) >= 11 is 0. The van der Waals surface area contributed by atoms with Gasteiger partial charge in [-0.3, -0.25) is 9.59 Å². The molecular formula is C20H19NO4. The van der Waals surface area contributed by atoms with Gasteiger partial charge in [0.05, 0.1) is 0 Å². The van der Waals surface area contributed by atoms with E-state index in [-0.39, 0.29) is 11.5 Å². The number of carbonyl (C=O) groups excluding carboxylic acids is 3. The highest BCUT2D eigenvalue weighted by atomic mass is 16.5. The Hall–Kier alpha value is -3.21. The maximum atomic E-state index is 12.4. The van der Waals surface area contributed by atoms with Gasteiger partial charge in [-0.2, -0.15) is 0 Å². The lowest BCUT2D eigenvalue weighted by Gasteiger charge is -2.14. The highest BCUT2D eigenvalue weighted by molar-refractivity contribution is 6.03. The molecule has 1 amide bonds. The Labute approximate surface area is 146 Å². The molecule has 128 valence electrons. The maximum absolute atomic E-state index is 12.4. The highest BCUT2D eigenvalue weighted by Gasteiger charge is 2.22. The molecule has 0 aliphatic rings. The number of benzene rings is 2. The fourth-order valence-electron chi connectivity index (χ4n) is 2.17. The molecule has 2 aromatic carbocycles. The molecule has 0 unspecified atom stereocenters. The third-order valence-electron chi connectivity index (χ3n) is 3.35. The van der Waals surface area contributed by atoms with Gasteiger partial charge in [-0.05, 0) is 18.6 Å². The molecule has 0 saturated carbocycles. The standard InChI is InChI=1S/C20H19NO4/c1-14(19(23)17-11-7-4-8-12-17)25-20(24)18(21-15(2)22)13-16-9-5-3-6-10-16/h3-14H,1-2H3,(H,21,22)/b18-13-/t14-/m1/s1. The molecule has 0 fully saturated rings. The molecule has 5 heteroatoms. The maximum Gasteiger partial charge on any atom is 0.355 e. The van der Waals surface area contributed by atoms with E-state index in [1.54, 1.807) is 42.5 Å². The lowest BCUT2D eigenvalue weighted by molar-refractivity contribution is -0.142. The second-order valence-electron chi connectivity index (χ2n) is 5.43. The average molecular weight is 337 g/mol. The predicted octanol–water partition coefficient (Wildman–Crippen LogP) is 2.98. The average Bonchev–Trinajstić information content (AvgIpc) is 2.61. The summed E-state index contributed by atoms with van der Waals surface area (Å²) in [5, 5.41) is 2.45. The van der Waals surface area contributed by atoms with Crippen LogP contribution >= 0.6 is 0 Å². The zero-order valence-electron chi connectivity index (χ0n) is 14.1. The largest absolute Gasteiger partial charge is 0.450 e. The number of hydrogen-bond acceptors (Lipinski definition) is 4. The molecule has 2 rings (SSSR count). The van der Waals surface area contributed by atoms with Crippen molar-refractivity contribution in [1.29, 1.82) is 0 Å². The van der Waals surface area contributed by atoms with Crippen molar-refractivity contribution in [1.82, 2.24) is 5.32 Å². The molecule has 1 atom stereocenters. The minimum Gasteiger partial charge on any atom is -0.450 e. The normalized spacial score (nSPS) is 12.2. The first kappa shape index (κ1) is 18.1. The number of hydrogen-bond donors (Lipinski definition) is 1. The summed E-state index contributed by atoms with van der Waals surface area (Å²) in [5.74, 6) is -1.48. The minimum atomic E-state index is -0.970. The van der Waals surface area contributed by atoms with Crippen molar-refractivity contribution >= 4 is 23.7 Å². The van der Waals surface area contributed by atoms with E-state index in [1.165, 1.54) is 19.9 Å². The summed E-state index contributed by atoms with van der Waals surface area (Å²) < 4.78 is 5.23. The number of carbonyl (C=O) groups is 3. The number of ether oxygens (including phenoxy) is 1. The van der Waals surface area contributed by atoms with Crippen LogP contribution in [0.3, 0.4) is 0 Å². The SMILES string of the molecule is CC(=O)N/C(=C\c1ccccc1)C(=O)O[C@H](C)C(=O)c1ccccc1. The Morgan fingerprint density at radius 1 is 0.960 bits per heavy atom. The first-order valence-electron chi connectivity index (χ1n) is 7.82. The topological polar surface area (TPSA) is 72.5 Å². The highest BCUT2D eigenvalue weighted by Crippen LogP contribution is 2.10. The first-order chi connectivity index (χ1) is 12.0. The van der Waals surface area contributed by atoms with Crippen molar-refractivity contribution < 1.29 is 19.1 Å². The Kier molecular flexibility index (Phi) is 6.23. The van der Waals surface area contributed by atoms with Crippen LogP contribution in [0.4, 0.5) is 0 Å². The van der Waals surface area contributed by atoms with Gasteiger partial charge in [-0.1, -0.05) is 60.7 Å². The quantitative estimate of drug-likeness (QED) is 0.500. The van der Waals surface area contributed by atoms with Gasteiger partial charge in [0, 0.05) is 12.5 Å². The zero-order valence-corrected chi connectivity index (χ0v) is 14.1. The predicted molar refractivity (Wildman–Crippen MR) is 94.6 cm³/mol. The molecule has 0 aromatic heterocycles. The third kappa shape index (κ3) is 5.42. The van der Waals surface area contributed by atoms with E-state index < -0.39 is 18.0 Å². The van der Waals surface area contributed by atoms with Gasteiger partial charge >= 0.3 is 5.97 Å². The number of Topliss-reactive ketones (excluding diaryl/α,β-unsaturated/α-hetero) is 1. The van der Waals surface area contributed by atoms with Gasteiger partial charge < -0.3 is 10.1 Å². The molecule has 0 heterocycles. The molecule has 5 nitrogen and oxygen atoms in total. The molecule has 2 aromatic rings. The van der Waals surface area contributed by atoms with Crippen molar-refractivity contribution in [3.05, 3.63) is 77.5 Å². The van der Waals surface area contributed by atoms with Gasteiger partial charge in [-0.25, -0.2) is 4.79 Å². The Balaban J connectivity index is 2.15. The van der Waals surface area contributed by atoms with E-state index in [0.717, 1.165) is 5.56 Å². The molecule has 25 heavy (non-hydrogen) atoms. The number of esters is 1. The van der Waals surface area contributed by atoms with Crippen LogP contribution in [0.5, 0.6) is 0 Å². The second kappa shape index (κ2) is 8.59.